The van der Waals surface area contributed by atoms with Crippen LogP contribution in [0.4, 0.5) is 5.82 Å². The van der Waals surface area contributed by atoms with Crippen LogP contribution in [0.15, 0.2) is 30.6 Å². The van der Waals surface area contributed by atoms with Crippen molar-refractivity contribution in [3.05, 3.63) is 36.2 Å². The number of aromatic nitrogens is 2. The van der Waals surface area contributed by atoms with Crippen molar-refractivity contribution in [3.8, 4) is 17.4 Å². The number of likely N-dealkylation sites (tertiary alicyclic amines) is 1. The first-order valence-electron chi connectivity index (χ1n) is 9.05. The molecule has 0 spiro atoms. The molecule has 2 aliphatic rings. The van der Waals surface area contributed by atoms with E-state index in [0.29, 0.717) is 49.2 Å². The molecule has 1 saturated heterocycles. The minimum absolute atomic E-state index is 0.0143. The van der Waals surface area contributed by atoms with Crippen LogP contribution < -0.4 is 19.5 Å². The van der Waals surface area contributed by atoms with E-state index in [1.807, 2.05) is 17.0 Å². The minimum atomic E-state index is -0.0143. The standard InChI is InChI=1S/C19H22N4O4/c1-25-17-11-16(20-12-21-17)22-13-5-7-23(8-6-13)19(24)14-3-2-4-15-18(14)27-10-9-26-15/h2-4,11-13H,5-10H2,1H3,(H,20,21,22). The molecule has 3 heterocycles. The zero-order valence-corrected chi connectivity index (χ0v) is 15.2. The van der Waals surface area contributed by atoms with Crippen LogP contribution in [0.1, 0.15) is 23.2 Å². The summed E-state index contributed by atoms with van der Waals surface area (Å²) in [6.45, 7) is 2.31. The van der Waals surface area contributed by atoms with E-state index in [2.05, 4.69) is 15.3 Å². The summed E-state index contributed by atoms with van der Waals surface area (Å²) in [4.78, 5) is 23.0. The molecular formula is C19H22N4O4. The summed E-state index contributed by atoms with van der Waals surface area (Å²) in [6, 6.07) is 7.48. The molecule has 4 rings (SSSR count). The number of hydrogen-bond donors (Lipinski definition) is 1. The van der Waals surface area contributed by atoms with Crippen molar-refractivity contribution in [3.63, 3.8) is 0 Å². The Morgan fingerprint density at radius 3 is 2.85 bits per heavy atom. The van der Waals surface area contributed by atoms with E-state index in [9.17, 15) is 4.79 Å². The number of para-hydroxylation sites is 1. The summed E-state index contributed by atoms with van der Waals surface area (Å²) in [7, 11) is 1.58. The van der Waals surface area contributed by atoms with Gasteiger partial charge in [0.05, 0.1) is 12.7 Å². The lowest BCUT2D eigenvalue weighted by atomic mass is 10.0. The highest BCUT2D eigenvalue weighted by atomic mass is 16.6. The maximum atomic E-state index is 13.0. The maximum absolute atomic E-state index is 13.0. The number of fused-ring (bicyclic) bond motifs is 1. The fourth-order valence-electron chi connectivity index (χ4n) is 3.38. The number of anilines is 1. The number of rotatable bonds is 4. The molecule has 2 aliphatic heterocycles. The first-order valence-corrected chi connectivity index (χ1v) is 9.05. The third kappa shape index (κ3) is 3.74. The number of hydrogen-bond acceptors (Lipinski definition) is 7. The highest BCUT2D eigenvalue weighted by Crippen LogP contribution is 2.34. The number of methoxy groups -OCH3 is 1. The highest BCUT2D eigenvalue weighted by molar-refractivity contribution is 5.98. The van der Waals surface area contributed by atoms with Crippen LogP contribution >= 0.6 is 0 Å². The van der Waals surface area contributed by atoms with Crippen molar-refractivity contribution in [2.75, 3.05) is 38.7 Å². The van der Waals surface area contributed by atoms with Crippen LogP contribution in [0.25, 0.3) is 0 Å². The molecular weight excluding hydrogens is 348 g/mol. The van der Waals surface area contributed by atoms with Gasteiger partial charge in [0.25, 0.3) is 5.91 Å². The lowest BCUT2D eigenvalue weighted by Crippen LogP contribution is -2.42. The highest BCUT2D eigenvalue weighted by Gasteiger charge is 2.28. The Kier molecular flexibility index (Phi) is 4.95. The first-order chi connectivity index (χ1) is 13.2. The van der Waals surface area contributed by atoms with Gasteiger partial charge in [-0.1, -0.05) is 6.07 Å². The molecule has 1 amide bonds. The Hall–Kier alpha value is -3.03. The molecule has 1 N–H and O–H groups in total. The normalized spacial score (nSPS) is 16.7. The Morgan fingerprint density at radius 2 is 2.04 bits per heavy atom. The second-order valence-corrected chi connectivity index (χ2v) is 6.49. The monoisotopic (exact) mass is 370 g/mol. The molecule has 1 aromatic carbocycles. The smallest absolute Gasteiger partial charge is 0.257 e. The lowest BCUT2D eigenvalue weighted by molar-refractivity contribution is 0.0708. The fourth-order valence-corrected chi connectivity index (χ4v) is 3.38. The van der Waals surface area contributed by atoms with Crippen LogP contribution in [0, 0.1) is 0 Å². The molecule has 1 aromatic heterocycles. The van der Waals surface area contributed by atoms with Crippen molar-refractivity contribution in [2.45, 2.75) is 18.9 Å². The second-order valence-electron chi connectivity index (χ2n) is 6.49. The van der Waals surface area contributed by atoms with Gasteiger partial charge in [0, 0.05) is 25.2 Å². The zero-order chi connectivity index (χ0) is 18.6. The molecule has 1 fully saturated rings. The Balaban J connectivity index is 1.38. The van der Waals surface area contributed by atoms with E-state index < -0.39 is 0 Å². The van der Waals surface area contributed by atoms with Crippen LogP contribution in [0.5, 0.6) is 17.4 Å². The van der Waals surface area contributed by atoms with Crippen LogP contribution in [-0.4, -0.2) is 60.2 Å². The van der Waals surface area contributed by atoms with Gasteiger partial charge in [0.2, 0.25) is 5.88 Å². The Morgan fingerprint density at radius 1 is 1.22 bits per heavy atom. The first kappa shape index (κ1) is 17.4. The van der Waals surface area contributed by atoms with Gasteiger partial charge in [-0.25, -0.2) is 9.97 Å². The van der Waals surface area contributed by atoms with Gasteiger partial charge >= 0.3 is 0 Å². The molecule has 0 saturated carbocycles. The number of nitrogens with zero attached hydrogens (tertiary/aromatic N) is 3. The number of piperidine rings is 1. The molecule has 0 bridgehead atoms. The molecule has 8 nitrogen and oxygen atoms in total. The van der Waals surface area contributed by atoms with Gasteiger partial charge in [0.15, 0.2) is 11.5 Å². The summed E-state index contributed by atoms with van der Waals surface area (Å²) in [5.74, 6) is 2.44. The lowest BCUT2D eigenvalue weighted by Gasteiger charge is -2.33. The second kappa shape index (κ2) is 7.69. The van der Waals surface area contributed by atoms with Crippen LogP contribution in [0.3, 0.4) is 0 Å². The van der Waals surface area contributed by atoms with E-state index in [1.54, 1.807) is 19.2 Å². The minimum Gasteiger partial charge on any atom is -0.486 e. The average molecular weight is 370 g/mol. The van der Waals surface area contributed by atoms with Crippen LogP contribution in [-0.2, 0) is 0 Å². The topological polar surface area (TPSA) is 85.8 Å². The fraction of sp³-hybridized carbons (Fsp3) is 0.421. The molecule has 0 aliphatic carbocycles. The summed E-state index contributed by atoms with van der Waals surface area (Å²) < 4.78 is 16.4. The van der Waals surface area contributed by atoms with Gasteiger partial charge in [-0.15, -0.1) is 0 Å². The molecule has 0 radical (unpaired) electrons. The summed E-state index contributed by atoms with van der Waals surface area (Å²) in [5.41, 5.74) is 0.569. The average Bonchev–Trinajstić information content (AvgIpc) is 2.73. The van der Waals surface area contributed by atoms with Gasteiger partial charge in [-0.2, -0.15) is 0 Å². The quantitative estimate of drug-likeness (QED) is 0.881. The van der Waals surface area contributed by atoms with Crippen molar-refractivity contribution in [2.24, 2.45) is 0 Å². The van der Waals surface area contributed by atoms with Crippen molar-refractivity contribution >= 4 is 11.7 Å². The van der Waals surface area contributed by atoms with Gasteiger partial charge < -0.3 is 24.4 Å². The predicted octanol–water partition coefficient (Wildman–Crippen LogP) is 1.97. The number of amides is 1. The molecule has 0 unspecified atom stereocenters. The van der Waals surface area contributed by atoms with Crippen molar-refractivity contribution < 1.29 is 19.0 Å². The van der Waals surface area contributed by atoms with Gasteiger partial charge in [-0.3, -0.25) is 4.79 Å². The van der Waals surface area contributed by atoms with Crippen molar-refractivity contribution in [1.29, 1.82) is 0 Å². The van der Waals surface area contributed by atoms with Gasteiger partial charge in [-0.05, 0) is 25.0 Å². The summed E-state index contributed by atoms with van der Waals surface area (Å²) in [5, 5.41) is 3.39. The third-order valence-electron chi connectivity index (χ3n) is 4.78. The third-order valence-corrected chi connectivity index (χ3v) is 4.78. The number of carbonyl (C=O) groups excluding carboxylic acids is 1. The molecule has 142 valence electrons. The molecule has 27 heavy (non-hydrogen) atoms. The van der Waals surface area contributed by atoms with Crippen LogP contribution in [0.2, 0.25) is 0 Å². The molecule has 2 aromatic rings. The predicted molar refractivity (Wildman–Crippen MR) is 98.6 cm³/mol. The molecule has 8 heteroatoms. The van der Waals surface area contributed by atoms with Gasteiger partial charge in [0.1, 0.15) is 25.4 Å². The van der Waals surface area contributed by atoms with E-state index in [1.165, 1.54) is 6.33 Å². The SMILES string of the molecule is COc1cc(NC2CCN(C(=O)c3cccc4c3OCCO4)CC2)ncn1. The Bertz CT molecular complexity index is 821. The summed E-state index contributed by atoms with van der Waals surface area (Å²) >= 11 is 0. The number of nitrogens with one attached hydrogen (secondary N) is 1. The van der Waals surface area contributed by atoms with E-state index in [4.69, 9.17) is 14.2 Å². The van der Waals surface area contributed by atoms with E-state index in [0.717, 1.165) is 18.7 Å². The maximum Gasteiger partial charge on any atom is 0.257 e. The largest absolute Gasteiger partial charge is 0.486 e. The number of ether oxygens (including phenoxy) is 3. The van der Waals surface area contributed by atoms with E-state index in [-0.39, 0.29) is 11.9 Å². The van der Waals surface area contributed by atoms with Crippen molar-refractivity contribution in [1.82, 2.24) is 14.9 Å². The number of benzene rings is 1. The Labute approximate surface area is 157 Å². The van der Waals surface area contributed by atoms with E-state index >= 15 is 0 Å². The zero-order valence-electron chi connectivity index (χ0n) is 15.2. The summed E-state index contributed by atoms with van der Waals surface area (Å²) in [6.07, 6.45) is 3.15. The molecule has 0 atom stereocenters. The number of carbonyl (C=O) groups is 1.